The van der Waals surface area contributed by atoms with Crippen LogP contribution >= 0.6 is 0 Å². The predicted molar refractivity (Wildman–Crippen MR) is 54.1 cm³/mol. The minimum atomic E-state index is -3.45. The first-order valence-corrected chi connectivity index (χ1v) is 5.88. The zero-order chi connectivity index (χ0) is 11.3. The molecule has 0 radical (unpaired) electrons. The highest BCUT2D eigenvalue weighted by molar-refractivity contribution is 7.85. The molecule has 5 heteroatoms. The first-order chi connectivity index (χ1) is 6.97. The zero-order valence-electron chi connectivity index (χ0n) is 8.03. The van der Waals surface area contributed by atoms with Crippen LogP contribution in [0.3, 0.4) is 0 Å². The lowest BCUT2D eigenvalue weighted by molar-refractivity contribution is 0.368. The summed E-state index contributed by atoms with van der Waals surface area (Å²) in [7, 11) is -3.45. The summed E-state index contributed by atoms with van der Waals surface area (Å²) in [5.74, 6) is 4.80. The summed E-state index contributed by atoms with van der Waals surface area (Å²) >= 11 is 0. The van der Waals surface area contributed by atoms with Crippen LogP contribution in [0, 0.1) is 17.7 Å². The fraction of sp³-hybridized carbons (Fsp3) is 0.200. The van der Waals surface area contributed by atoms with Crippen LogP contribution in [0.15, 0.2) is 24.3 Å². The molecule has 80 valence electrons. The molecule has 0 saturated carbocycles. The Labute approximate surface area is 88.0 Å². The molecule has 15 heavy (non-hydrogen) atoms. The van der Waals surface area contributed by atoms with Crippen LogP contribution in [0.4, 0.5) is 4.39 Å². The average Bonchev–Trinajstić information content (AvgIpc) is 2.14. The summed E-state index contributed by atoms with van der Waals surface area (Å²) < 4.78 is 38.0. The van der Waals surface area contributed by atoms with Gasteiger partial charge in [0.15, 0.2) is 0 Å². The monoisotopic (exact) mass is 228 g/mol. The summed E-state index contributed by atoms with van der Waals surface area (Å²) in [5, 5.41) is 0. The summed E-state index contributed by atoms with van der Waals surface area (Å²) in [6.45, 7) is -0.198. The summed E-state index contributed by atoms with van der Waals surface area (Å²) in [6, 6.07) is 5.56. The van der Waals surface area contributed by atoms with E-state index in [1.165, 1.54) is 24.3 Å². The molecule has 0 fully saturated rings. The number of hydrogen-bond donors (Lipinski definition) is 0. The summed E-state index contributed by atoms with van der Waals surface area (Å²) in [6.07, 6.45) is 0.951. The van der Waals surface area contributed by atoms with Crippen molar-refractivity contribution < 1.29 is 17.0 Å². The second-order valence-electron chi connectivity index (χ2n) is 2.77. The van der Waals surface area contributed by atoms with Crippen LogP contribution in [-0.2, 0) is 14.3 Å². The van der Waals surface area contributed by atoms with Crippen LogP contribution in [0.1, 0.15) is 5.56 Å². The molecule has 0 saturated heterocycles. The van der Waals surface area contributed by atoms with Gasteiger partial charge in [0.2, 0.25) is 0 Å². The van der Waals surface area contributed by atoms with Crippen molar-refractivity contribution in [1.29, 1.82) is 0 Å². The van der Waals surface area contributed by atoms with E-state index < -0.39 is 10.1 Å². The third-order valence-electron chi connectivity index (χ3n) is 1.42. The van der Waals surface area contributed by atoms with E-state index >= 15 is 0 Å². The Kier molecular flexibility index (Phi) is 3.83. The van der Waals surface area contributed by atoms with Crippen LogP contribution in [-0.4, -0.2) is 21.3 Å². The van der Waals surface area contributed by atoms with Crippen molar-refractivity contribution in [2.45, 2.75) is 0 Å². The number of halogens is 1. The van der Waals surface area contributed by atoms with Gasteiger partial charge in [-0.15, -0.1) is 0 Å². The minimum Gasteiger partial charge on any atom is -0.257 e. The van der Waals surface area contributed by atoms with Crippen molar-refractivity contribution in [3.63, 3.8) is 0 Å². The fourth-order valence-corrected chi connectivity index (χ4v) is 1.08. The van der Waals surface area contributed by atoms with E-state index in [-0.39, 0.29) is 12.4 Å². The van der Waals surface area contributed by atoms with Crippen LogP contribution < -0.4 is 0 Å². The summed E-state index contributed by atoms with van der Waals surface area (Å²) in [4.78, 5) is 0. The van der Waals surface area contributed by atoms with Crippen LogP contribution in [0.2, 0.25) is 0 Å². The summed E-state index contributed by atoms with van der Waals surface area (Å²) in [5.41, 5.74) is 0.605. The number of rotatable bonds is 2. The van der Waals surface area contributed by atoms with Gasteiger partial charge in [0.25, 0.3) is 10.1 Å². The third kappa shape index (κ3) is 5.15. The van der Waals surface area contributed by atoms with E-state index in [9.17, 15) is 12.8 Å². The molecule has 0 spiro atoms. The van der Waals surface area contributed by atoms with Gasteiger partial charge in [-0.3, -0.25) is 4.18 Å². The van der Waals surface area contributed by atoms with Gasteiger partial charge in [0.05, 0.1) is 6.26 Å². The van der Waals surface area contributed by atoms with E-state index in [1.807, 2.05) is 0 Å². The second-order valence-corrected chi connectivity index (χ2v) is 4.42. The smallest absolute Gasteiger partial charge is 0.257 e. The highest BCUT2D eigenvalue weighted by Gasteiger charge is 1.97. The maximum Gasteiger partial charge on any atom is 0.265 e. The van der Waals surface area contributed by atoms with Crippen LogP contribution in [0.5, 0.6) is 0 Å². The maximum absolute atomic E-state index is 12.5. The maximum atomic E-state index is 12.5. The highest BCUT2D eigenvalue weighted by atomic mass is 32.2. The van der Waals surface area contributed by atoms with Gasteiger partial charge in [0.1, 0.15) is 12.4 Å². The van der Waals surface area contributed by atoms with Crippen molar-refractivity contribution in [3.8, 4) is 11.8 Å². The molecule has 0 aromatic heterocycles. The molecule has 3 nitrogen and oxygen atoms in total. The van der Waals surface area contributed by atoms with E-state index in [1.54, 1.807) is 0 Å². The van der Waals surface area contributed by atoms with Crippen LogP contribution in [0.25, 0.3) is 0 Å². The average molecular weight is 228 g/mol. The van der Waals surface area contributed by atoms with Gasteiger partial charge in [0, 0.05) is 5.56 Å². The van der Waals surface area contributed by atoms with Gasteiger partial charge < -0.3 is 0 Å². The third-order valence-corrected chi connectivity index (χ3v) is 1.97. The highest BCUT2D eigenvalue weighted by Crippen LogP contribution is 2.00. The normalized spacial score (nSPS) is 10.5. The van der Waals surface area contributed by atoms with Gasteiger partial charge in [-0.05, 0) is 24.3 Å². The quantitative estimate of drug-likeness (QED) is 0.563. The van der Waals surface area contributed by atoms with Crippen molar-refractivity contribution >= 4 is 10.1 Å². The van der Waals surface area contributed by atoms with Crippen molar-refractivity contribution in [2.75, 3.05) is 12.9 Å². The molecule has 0 atom stereocenters. The Morgan fingerprint density at radius 1 is 1.33 bits per heavy atom. The lowest BCUT2D eigenvalue weighted by Crippen LogP contribution is -2.02. The van der Waals surface area contributed by atoms with E-state index in [2.05, 4.69) is 16.0 Å². The molecule has 0 amide bonds. The molecule has 0 N–H and O–H groups in total. The molecular formula is C10H9FO3S. The largest absolute Gasteiger partial charge is 0.265 e. The Morgan fingerprint density at radius 3 is 2.47 bits per heavy atom. The molecule has 0 heterocycles. The topological polar surface area (TPSA) is 43.4 Å². The Bertz CT molecular complexity index is 480. The van der Waals surface area contributed by atoms with Crippen molar-refractivity contribution in [2.24, 2.45) is 0 Å². The van der Waals surface area contributed by atoms with E-state index in [0.29, 0.717) is 5.56 Å². The molecule has 0 bridgehead atoms. The lowest BCUT2D eigenvalue weighted by atomic mass is 10.2. The van der Waals surface area contributed by atoms with E-state index in [0.717, 1.165) is 6.26 Å². The van der Waals surface area contributed by atoms with Crippen molar-refractivity contribution in [3.05, 3.63) is 35.6 Å². The Morgan fingerprint density at radius 2 is 1.93 bits per heavy atom. The Balaban J connectivity index is 2.56. The standard InChI is InChI=1S/C10H9FO3S/c1-15(12,13)14-8-2-3-9-4-6-10(11)7-5-9/h4-7H,8H2,1H3. The van der Waals surface area contributed by atoms with Gasteiger partial charge in [-0.1, -0.05) is 11.8 Å². The van der Waals surface area contributed by atoms with E-state index in [4.69, 9.17) is 0 Å². The lowest BCUT2D eigenvalue weighted by Gasteiger charge is -1.92. The fourth-order valence-electron chi connectivity index (χ4n) is 0.808. The molecular weight excluding hydrogens is 219 g/mol. The molecule has 1 rings (SSSR count). The molecule has 1 aromatic carbocycles. The minimum absolute atomic E-state index is 0.198. The van der Waals surface area contributed by atoms with Gasteiger partial charge in [-0.2, -0.15) is 8.42 Å². The first-order valence-electron chi connectivity index (χ1n) is 4.06. The van der Waals surface area contributed by atoms with Crippen molar-refractivity contribution in [1.82, 2.24) is 0 Å². The molecule has 0 aliphatic rings. The number of benzene rings is 1. The SMILES string of the molecule is CS(=O)(=O)OCC#Cc1ccc(F)cc1. The van der Waals surface area contributed by atoms with Gasteiger partial charge in [-0.25, -0.2) is 4.39 Å². The Hall–Kier alpha value is -1.38. The molecule has 0 unspecified atom stereocenters. The van der Waals surface area contributed by atoms with Gasteiger partial charge >= 0.3 is 0 Å². The second kappa shape index (κ2) is 4.91. The zero-order valence-corrected chi connectivity index (χ0v) is 8.84. The number of hydrogen-bond acceptors (Lipinski definition) is 3. The predicted octanol–water partition coefficient (Wildman–Crippen LogP) is 1.15. The molecule has 0 aliphatic heterocycles. The molecule has 0 aliphatic carbocycles. The molecule has 1 aromatic rings. The first kappa shape index (κ1) is 11.7.